The Hall–Kier alpha value is 0.160. The van der Waals surface area contributed by atoms with Gasteiger partial charge in [0, 0.05) is 37.8 Å². The number of nitrogens with zero attached hydrogens (tertiary/aromatic N) is 2. The Morgan fingerprint density at radius 2 is 1.94 bits per heavy atom. The van der Waals surface area contributed by atoms with Gasteiger partial charge in [-0.05, 0) is 20.0 Å². The third-order valence-electron chi connectivity index (χ3n) is 3.03. The van der Waals surface area contributed by atoms with Gasteiger partial charge in [-0.15, -0.1) is 11.3 Å². The molecule has 1 N–H and O–H groups in total. The molecule has 1 aromatic rings. The Bertz CT molecular complexity index is 375. The normalized spacial score (nSPS) is 20.7. The van der Waals surface area contributed by atoms with Crippen LogP contribution >= 0.6 is 34.5 Å². The summed E-state index contributed by atoms with van der Waals surface area (Å²) in [6.45, 7) is 6.38. The highest BCUT2D eigenvalue weighted by atomic mass is 35.5. The summed E-state index contributed by atoms with van der Waals surface area (Å²) >= 11 is 13.5. The van der Waals surface area contributed by atoms with Gasteiger partial charge in [0.05, 0.1) is 8.67 Å². The summed E-state index contributed by atoms with van der Waals surface area (Å²) in [6.07, 6.45) is 0. The number of piperazine rings is 1. The lowest BCUT2D eigenvalue weighted by Gasteiger charge is -2.34. The van der Waals surface area contributed by atoms with E-state index in [0.717, 1.165) is 40.4 Å². The van der Waals surface area contributed by atoms with Gasteiger partial charge in [-0.25, -0.2) is 10.4 Å². The first-order chi connectivity index (χ1) is 8.06. The molecule has 17 heavy (non-hydrogen) atoms. The Morgan fingerprint density at radius 1 is 1.29 bits per heavy atom. The van der Waals surface area contributed by atoms with Crippen LogP contribution < -0.4 is 5.43 Å². The molecule has 1 fully saturated rings. The average Bonchev–Trinajstić information content (AvgIpc) is 2.61. The monoisotopic (exact) mass is 293 g/mol. The molecule has 1 atom stereocenters. The molecule has 1 saturated heterocycles. The zero-order valence-electron chi connectivity index (χ0n) is 10.0. The molecule has 3 nitrogen and oxygen atoms in total. The lowest BCUT2D eigenvalue weighted by atomic mass is 10.2. The maximum atomic E-state index is 6.15. The third-order valence-corrected chi connectivity index (χ3v) is 4.55. The molecule has 0 bridgehead atoms. The van der Waals surface area contributed by atoms with Crippen LogP contribution in [0.1, 0.15) is 18.5 Å². The van der Waals surface area contributed by atoms with Crippen LogP contribution in [0.3, 0.4) is 0 Å². The molecule has 0 saturated carbocycles. The molecule has 0 aromatic carbocycles. The minimum absolute atomic E-state index is 0.203. The van der Waals surface area contributed by atoms with Crippen LogP contribution in [0.4, 0.5) is 0 Å². The summed E-state index contributed by atoms with van der Waals surface area (Å²) in [5.74, 6) is 0. The quantitative estimate of drug-likeness (QED) is 0.925. The maximum absolute atomic E-state index is 6.15. The molecular weight excluding hydrogens is 277 g/mol. The van der Waals surface area contributed by atoms with Crippen molar-refractivity contribution in [1.29, 1.82) is 0 Å². The van der Waals surface area contributed by atoms with Crippen LogP contribution in [0, 0.1) is 0 Å². The van der Waals surface area contributed by atoms with Crippen molar-refractivity contribution in [2.75, 3.05) is 33.2 Å². The molecule has 1 unspecified atom stereocenters. The van der Waals surface area contributed by atoms with E-state index >= 15 is 0 Å². The second-order valence-corrected chi connectivity index (χ2v) is 6.71. The van der Waals surface area contributed by atoms with Crippen LogP contribution in [-0.2, 0) is 0 Å². The Balaban J connectivity index is 1.93. The van der Waals surface area contributed by atoms with Crippen molar-refractivity contribution in [1.82, 2.24) is 15.3 Å². The highest BCUT2D eigenvalue weighted by Gasteiger charge is 2.18. The van der Waals surface area contributed by atoms with Crippen molar-refractivity contribution >= 4 is 34.5 Å². The molecule has 96 valence electrons. The van der Waals surface area contributed by atoms with E-state index in [1.807, 2.05) is 6.07 Å². The lowest BCUT2D eigenvalue weighted by Crippen LogP contribution is -2.51. The molecule has 0 radical (unpaired) electrons. The molecule has 1 aromatic heterocycles. The largest absolute Gasteiger partial charge is 0.304 e. The van der Waals surface area contributed by atoms with E-state index in [9.17, 15) is 0 Å². The van der Waals surface area contributed by atoms with Gasteiger partial charge in [-0.2, -0.15) is 0 Å². The molecule has 1 aliphatic heterocycles. The fourth-order valence-corrected chi connectivity index (χ4v) is 3.57. The fourth-order valence-electron chi connectivity index (χ4n) is 1.93. The number of likely N-dealkylation sites (N-methyl/N-ethyl adjacent to an activating group) is 1. The smallest absolute Gasteiger partial charge is 0.0992 e. The molecule has 2 heterocycles. The summed E-state index contributed by atoms with van der Waals surface area (Å²) in [6, 6.07) is 2.15. The van der Waals surface area contributed by atoms with Gasteiger partial charge in [0.1, 0.15) is 0 Å². The Morgan fingerprint density at radius 3 is 2.47 bits per heavy atom. The zero-order chi connectivity index (χ0) is 12.4. The average molecular weight is 294 g/mol. The number of thiophene rings is 1. The highest BCUT2D eigenvalue weighted by Crippen LogP contribution is 2.34. The SMILES string of the molecule is CC(NN1CCN(C)CC1)c1cc(Cl)sc1Cl. The minimum Gasteiger partial charge on any atom is -0.304 e. The molecule has 2 rings (SSSR count). The molecule has 0 spiro atoms. The Kier molecular flexibility index (Phi) is 4.69. The van der Waals surface area contributed by atoms with E-state index in [-0.39, 0.29) is 6.04 Å². The number of rotatable bonds is 3. The second-order valence-electron chi connectivity index (χ2n) is 4.42. The predicted molar refractivity (Wildman–Crippen MR) is 75.0 cm³/mol. The van der Waals surface area contributed by atoms with E-state index < -0.39 is 0 Å². The van der Waals surface area contributed by atoms with Gasteiger partial charge in [0.2, 0.25) is 0 Å². The second kappa shape index (κ2) is 5.87. The van der Waals surface area contributed by atoms with E-state index in [2.05, 4.69) is 29.3 Å². The molecule has 0 amide bonds. The Labute approximate surface area is 116 Å². The van der Waals surface area contributed by atoms with Crippen LogP contribution in [0.5, 0.6) is 0 Å². The van der Waals surface area contributed by atoms with Gasteiger partial charge in [0.15, 0.2) is 0 Å². The zero-order valence-corrected chi connectivity index (χ0v) is 12.4. The summed E-state index contributed by atoms with van der Waals surface area (Å²) in [4.78, 5) is 2.33. The van der Waals surface area contributed by atoms with E-state index in [4.69, 9.17) is 23.2 Å². The van der Waals surface area contributed by atoms with Crippen LogP contribution in [0.2, 0.25) is 8.67 Å². The number of hydrogen-bond donors (Lipinski definition) is 1. The lowest BCUT2D eigenvalue weighted by molar-refractivity contribution is 0.0900. The van der Waals surface area contributed by atoms with Gasteiger partial charge < -0.3 is 4.90 Å². The molecule has 6 heteroatoms. The van der Waals surface area contributed by atoms with E-state index in [1.165, 1.54) is 11.3 Å². The van der Waals surface area contributed by atoms with Gasteiger partial charge in [-0.3, -0.25) is 0 Å². The number of hydrazine groups is 1. The van der Waals surface area contributed by atoms with Crippen molar-refractivity contribution in [3.63, 3.8) is 0 Å². The van der Waals surface area contributed by atoms with Crippen LogP contribution in [0.25, 0.3) is 0 Å². The highest BCUT2D eigenvalue weighted by molar-refractivity contribution is 7.20. The van der Waals surface area contributed by atoms with E-state index in [0.29, 0.717) is 0 Å². The maximum Gasteiger partial charge on any atom is 0.0992 e. The van der Waals surface area contributed by atoms with Gasteiger partial charge in [0.25, 0.3) is 0 Å². The van der Waals surface area contributed by atoms with Crippen molar-refractivity contribution in [2.45, 2.75) is 13.0 Å². The molecule has 1 aliphatic rings. The number of hydrogen-bond acceptors (Lipinski definition) is 4. The third kappa shape index (κ3) is 3.56. The number of nitrogens with one attached hydrogen (secondary N) is 1. The van der Waals surface area contributed by atoms with Crippen molar-refractivity contribution in [3.8, 4) is 0 Å². The summed E-state index contributed by atoms with van der Waals surface area (Å²) < 4.78 is 1.53. The first-order valence-corrected chi connectivity index (χ1v) is 7.28. The first-order valence-electron chi connectivity index (χ1n) is 5.70. The van der Waals surface area contributed by atoms with E-state index in [1.54, 1.807) is 0 Å². The summed E-state index contributed by atoms with van der Waals surface area (Å²) in [5, 5.41) is 2.26. The predicted octanol–water partition coefficient (Wildman–Crippen LogP) is 2.87. The van der Waals surface area contributed by atoms with Crippen LogP contribution in [0.15, 0.2) is 6.07 Å². The van der Waals surface area contributed by atoms with Crippen LogP contribution in [-0.4, -0.2) is 43.1 Å². The van der Waals surface area contributed by atoms with Crippen molar-refractivity contribution in [3.05, 3.63) is 20.3 Å². The standard InChI is InChI=1S/C11H17Cl2N3S/c1-8(9-7-10(12)17-11(9)13)14-16-5-3-15(2)4-6-16/h7-8,14H,3-6H2,1-2H3. The first kappa shape index (κ1) is 13.6. The van der Waals surface area contributed by atoms with Gasteiger partial charge >= 0.3 is 0 Å². The summed E-state index contributed by atoms with van der Waals surface area (Å²) in [7, 11) is 2.15. The summed E-state index contributed by atoms with van der Waals surface area (Å²) in [5.41, 5.74) is 4.56. The number of halogens is 2. The van der Waals surface area contributed by atoms with Crippen molar-refractivity contribution in [2.24, 2.45) is 0 Å². The topological polar surface area (TPSA) is 18.5 Å². The molecule has 0 aliphatic carbocycles. The minimum atomic E-state index is 0.203. The fraction of sp³-hybridized carbons (Fsp3) is 0.636. The van der Waals surface area contributed by atoms with Gasteiger partial charge in [-0.1, -0.05) is 23.2 Å². The molecular formula is C11H17Cl2N3S. The van der Waals surface area contributed by atoms with Crippen molar-refractivity contribution < 1.29 is 0 Å².